The number of carbonyl (C=O) groups excluding carboxylic acids is 1. The number of carboxylic acid groups (broad SMARTS) is 1. The summed E-state index contributed by atoms with van der Waals surface area (Å²) < 4.78 is 14.9. The Balaban J connectivity index is 1.61. The van der Waals surface area contributed by atoms with E-state index in [0.717, 1.165) is 5.56 Å². The van der Waals surface area contributed by atoms with E-state index in [-0.39, 0.29) is 35.8 Å². The number of primary amides is 1. The van der Waals surface area contributed by atoms with Gasteiger partial charge in [0, 0.05) is 24.5 Å². The zero-order valence-electron chi connectivity index (χ0n) is 19.5. The van der Waals surface area contributed by atoms with E-state index >= 15 is 0 Å². The third kappa shape index (κ3) is 5.63. The Bertz CT molecular complexity index is 1250. The van der Waals surface area contributed by atoms with Gasteiger partial charge in [0.15, 0.2) is 5.82 Å². The van der Waals surface area contributed by atoms with Crippen molar-refractivity contribution in [1.82, 2.24) is 14.7 Å². The van der Waals surface area contributed by atoms with Gasteiger partial charge in [-0.05, 0) is 55.0 Å². The Morgan fingerprint density at radius 3 is 2.58 bits per heavy atom. The van der Waals surface area contributed by atoms with Gasteiger partial charge in [-0.1, -0.05) is 30.3 Å². The second-order valence-corrected chi connectivity index (χ2v) is 8.90. The number of piperidine rings is 1. The summed E-state index contributed by atoms with van der Waals surface area (Å²) in [5.41, 5.74) is 7.29. The molecule has 3 unspecified atom stereocenters. The number of likely N-dealkylation sites (tertiary alicyclic amines) is 1. The fraction of sp³-hybridized carbons (Fsp3) is 0.308. The molecule has 36 heavy (non-hydrogen) atoms. The summed E-state index contributed by atoms with van der Waals surface area (Å²) in [5.74, 6) is -0.925. The van der Waals surface area contributed by atoms with E-state index in [2.05, 4.69) is 16.5 Å². The summed E-state index contributed by atoms with van der Waals surface area (Å²) in [6.07, 6.45) is 2.34. The monoisotopic (exact) mass is 490 g/mol. The summed E-state index contributed by atoms with van der Waals surface area (Å²) in [6, 6.07) is 16.9. The predicted molar refractivity (Wildman–Crippen MR) is 131 cm³/mol. The Morgan fingerprint density at radius 2 is 1.94 bits per heavy atom. The maximum Gasteiger partial charge on any atom is 0.407 e. The van der Waals surface area contributed by atoms with Crippen LogP contribution in [0.2, 0.25) is 0 Å². The number of nitrogens with one attached hydrogen (secondary N) is 1. The molecule has 10 heteroatoms. The van der Waals surface area contributed by atoms with Gasteiger partial charge >= 0.3 is 6.09 Å². The van der Waals surface area contributed by atoms with Gasteiger partial charge in [0.1, 0.15) is 11.4 Å². The lowest BCUT2D eigenvalue weighted by Gasteiger charge is -2.40. The molecular formula is C26H27FN6O3. The highest BCUT2D eigenvalue weighted by Gasteiger charge is 2.36. The average molecular weight is 491 g/mol. The minimum Gasteiger partial charge on any atom is -0.465 e. The fourth-order valence-corrected chi connectivity index (χ4v) is 4.84. The van der Waals surface area contributed by atoms with Gasteiger partial charge in [0.05, 0.1) is 18.5 Å². The van der Waals surface area contributed by atoms with Crippen molar-refractivity contribution in [3.63, 3.8) is 0 Å². The van der Waals surface area contributed by atoms with Gasteiger partial charge in [0.2, 0.25) is 0 Å². The Labute approximate surface area is 207 Å². The van der Waals surface area contributed by atoms with E-state index in [1.54, 1.807) is 4.68 Å². The highest BCUT2D eigenvalue weighted by atomic mass is 19.1. The molecule has 2 amide bonds. The standard InChI is InChI=1S/C26H27FN6O3/c27-19-6-8-20(9-7-19)30-25-22(24(29)34)16-33(31-25)23(10-12-28)18-11-13-32(26(35)36)21(15-18)14-17-4-2-1-3-5-17/h1-9,16,18,21,23H,10-11,13-15H2,(H2,29,34)(H,30,31)(H,35,36). The molecule has 0 aliphatic carbocycles. The third-order valence-electron chi connectivity index (χ3n) is 6.60. The quantitative estimate of drug-likeness (QED) is 0.430. The Hall–Kier alpha value is -4.39. The number of benzene rings is 2. The molecular weight excluding hydrogens is 463 g/mol. The number of carbonyl (C=O) groups is 2. The second kappa shape index (κ2) is 10.9. The number of nitrogens with zero attached hydrogens (tertiary/aromatic N) is 4. The van der Waals surface area contributed by atoms with E-state index in [9.17, 15) is 24.3 Å². The highest BCUT2D eigenvalue weighted by molar-refractivity contribution is 5.98. The molecule has 1 aromatic heterocycles. The molecule has 0 bridgehead atoms. The zero-order valence-corrected chi connectivity index (χ0v) is 19.5. The molecule has 1 aliphatic heterocycles. The van der Waals surface area contributed by atoms with Crippen LogP contribution in [0.3, 0.4) is 0 Å². The number of nitrogens with two attached hydrogens (primary N) is 1. The average Bonchev–Trinajstić information content (AvgIpc) is 3.28. The lowest BCUT2D eigenvalue weighted by Crippen LogP contribution is -2.48. The first-order chi connectivity index (χ1) is 17.4. The van der Waals surface area contributed by atoms with Crippen LogP contribution in [0, 0.1) is 23.1 Å². The first kappa shape index (κ1) is 24.7. The number of hydrogen-bond donors (Lipinski definition) is 3. The molecule has 1 fully saturated rings. The van der Waals surface area contributed by atoms with Crippen molar-refractivity contribution in [1.29, 1.82) is 5.26 Å². The molecule has 4 rings (SSSR count). The predicted octanol–water partition coefficient (Wildman–Crippen LogP) is 4.32. The molecule has 186 valence electrons. The number of anilines is 2. The minimum absolute atomic E-state index is 0.0479. The normalized spacial score (nSPS) is 18.3. The van der Waals surface area contributed by atoms with Crippen LogP contribution in [0.1, 0.15) is 41.2 Å². The van der Waals surface area contributed by atoms with E-state index in [0.29, 0.717) is 31.5 Å². The van der Waals surface area contributed by atoms with Crippen LogP contribution in [0.4, 0.5) is 20.7 Å². The van der Waals surface area contributed by atoms with Crippen LogP contribution in [0.15, 0.2) is 60.8 Å². The summed E-state index contributed by atoms with van der Waals surface area (Å²) in [5, 5.41) is 26.9. The van der Waals surface area contributed by atoms with E-state index < -0.39 is 17.8 Å². The molecule has 9 nitrogen and oxygen atoms in total. The fourth-order valence-electron chi connectivity index (χ4n) is 4.84. The van der Waals surface area contributed by atoms with Crippen LogP contribution in [-0.2, 0) is 6.42 Å². The van der Waals surface area contributed by atoms with E-state index in [1.807, 2.05) is 30.3 Å². The topological polar surface area (TPSA) is 137 Å². The van der Waals surface area contributed by atoms with Gasteiger partial charge in [-0.3, -0.25) is 9.48 Å². The largest absolute Gasteiger partial charge is 0.465 e. The molecule has 1 aliphatic rings. The lowest BCUT2D eigenvalue weighted by molar-refractivity contribution is 0.0749. The number of rotatable bonds is 8. The van der Waals surface area contributed by atoms with Crippen molar-refractivity contribution < 1.29 is 19.1 Å². The first-order valence-corrected chi connectivity index (χ1v) is 11.7. The number of amides is 2. The van der Waals surface area contributed by atoms with Crippen molar-refractivity contribution in [3.8, 4) is 6.07 Å². The van der Waals surface area contributed by atoms with Crippen LogP contribution >= 0.6 is 0 Å². The summed E-state index contributed by atoms with van der Waals surface area (Å²) in [4.78, 5) is 25.5. The number of hydrogen-bond acceptors (Lipinski definition) is 5. The molecule has 0 saturated carbocycles. The summed E-state index contributed by atoms with van der Waals surface area (Å²) in [7, 11) is 0. The third-order valence-corrected chi connectivity index (χ3v) is 6.60. The number of aromatic nitrogens is 2. The van der Waals surface area contributed by atoms with Crippen LogP contribution in [0.5, 0.6) is 0 Å². The van der Waals surface area contributed by atoms with Crippen molar-refractivity contribution in [2.45, 2.75) is 37.8 Å². The molecule has 3 aromatic rings. The van der Waals surface area contributed by atoms with Crippen molar-refractivity contribution in [2.75, 3.05) is 11.9 Å². The van der Waals surface area contributed by atoms with Gasteiger partial charge < -0.3 is 21.1 Å². The molecule has 0 spiro atoms. The first-order valence-electron chi connectivity index (χ1n) is 11.7. The van der Waals surface area contributed by atoms with Crippen molar-refractivity contribution in [3.05, 3.63) is 77.7 Å². The van der Waals surface area contributed by atoms with Crippen molar-refractivity contribution in [2.24, 2.45) is 11.7 Å². The van der Waals surface area contributed by atoms with Crippen molar-refractivity contribution >= 4 is 23.5 Å². The number of nitriles is 1. The molecule has 1 saturated heterocycles. The van der Waals surface area contributed by atoms with E-state index in [1.165, 1.54) is 35.4 Å². The Morgan fingerprint density at radius 1 is 1.22 bits per heavy atom. The zero-order chi connectivity index (χ0) is 25.7. The minimum atomic E-state index is -0.966. The maximum absolute atomic E-state index is 13.3. The molecule has 2 aromatic carbocycles. The molecule has 4 N–H and O–H groups in total. The highest BCUT2D eigenvalue weighted by Crippen LogP contribution is 2.36. The van der Waals surface area contributed by atoms with Gasteiger partial charge in [-0.2, -0.15) is 10.4 Å². The maximum atomic E-state index is 13.3. The van der Waals surface area contributed by atoms with Crippen LogP contribution < -0.4 is 11.1 Å². The summed E-state index contributed by atoms with van der Waals surface area (Å²) >= 11 is 0. The van der Waals surface area contributed by atoms with Crippen LogP contribution in [0.25, 0.3) is 0 Å². The van der Waals surface area contributed by atoms with Gasteiger partial charge in [-0.15, -0.1) is 0 Å². The second-order valence-electron chi connectivity index (χ2n) is 8.90. The van der Waals surface area contributed by atoms with Gasteiger partial charge in [0.25, 0.3) is 5.91 Å². The lowest BCUT2D eigenvalue weighted by atomic mass is 9.82. The SMILES string of the molecule is N#CCC(C1CCN(C(=O)O)C(Cc2ccccc2)C1)n1cc(C(N)=O)c(Nc2ccc(F)cc2)n1. The molecule has 2 heterocycles. The molecule has 0 radical (unpaired) electrons. The molecule has 3 atom stereocenters. The number of halogens is 1. The smallest absolute Gasteiger partial charge is 0.407 e. The van der Waals surface area contributed by atoms with Gasteiger partial charge in [-0.25, -0.2) is 9.18 Å². The van der Waals surface area contributed by atoms with E-state index in [4.69, 9.17) is 5.73 Å². The van der Waals surface area contributed by atoms with Crippen LogP contribution in [-0.4, -0.2) is 44.4 Å². The summed E-state index contributed by atoms with van der Waals surface area (Å²) in [6.45, 7) is 0.337. The Kier molecular flexibility index (Phi) is 7.49.